The molecule has 0 spiro atoms. The summed E-state index contributed by atoms with van der Waals surface area (Å²) in [5, 5.41) is 0. The van der Waals surface area contributed by atoms with Crippen LogP contribution in [-0.4, -0.2) is 33.6 Å². The Hall–Kier alpha value is -3.16. The van der Waals surface area contributed by atoms with Crippen LogP contribution in [0.25, 0.3) is 0 Å². The number of benzene rings is 3. The van der Waals surface area contributed by atoms with Crippen LogP contribution in [0.4, 0.5) is 5.69 Å². The molecule has 1 amide bonds. The van der Waals surface area contributed by atoms with Gasteiger partial charge in [0.2, 0.25) is 0 Å². The van der Waals surface area contributed by atoms with E-state index in [2.05, 4.69) is 0 Å². The Bertz CT molecular complexity index is 1200. The monoisotopic (exact) mass is 437 g/mol. The van der Waals surface area contributed by atoms with E-state index in [1.54, 1.807) is 35.2 Å². The zero-order valence-corrected chi connectivity index (χ0v) is 18.1. The third kappa shape index (κ3) is 4.62. The van der Waals surface area contributed by atoms with Crippen LogP contribution in [-0.2, 0) is 14.3 Å². The van der Waals surface area contributed by atoms with E-state index in [1.807, 2.05) is 44.2 Å². The van der Waals surface area contributed by atoms with Crippen LogP contribution in [0.2, 0.25) is 0 Å². The number of hydrogen-bond donors (Lipinski definition) is 0. The first-order valence-electron chi connectivity index (χ1n) is 9.94. The summed E-state index contributed by atoms with van der Waals surface area (Å²) in [4.78, 5) is 14.9. The minimum atomic E-state index is -3.93. The van der Waals surface area contributed by atoms with Crippen LogP contribution < -0.4 is 9.64 Å². The van der Waals surface area contributed by atoms with E-state index in [0.717, 1.165) is 11.1 Å². The molecule has 0 saturated heterocycles. The number of fused-ring (bicyclic) bond motifs is 1. The highest BCUT2D eigenvalue weighted by molar-refractivity contribution is 7.86. The van der Waals surface area contributed by atoms with Gasteiger partial charge in [0.15, 0.2) is 0 Å². The fourth-order valence-electron chi connectivity index (χ4n) is 3.45. The Morgan fingerprint density at radius 1 is 1.00 bits per heavy atom. The summed E-state index contributed by atoms with van der Waals surface area (Å²) in [6, 6.07) is 21.0. The highest BCUT2D eigenvalue weighted by Crippen LogP contribution is 2.34. The Morgan fingerprint density at radius 3 is 2.48 bits per heavy atom. The molecule has 0 radical (unpaired) electrons. The average molecular weight is 438 g/mol. The van der Waals surface area contributed by atoms with Gasteiger partial charge in [-0.3, -0.25) is 8.98 Å². The predicted octanol–water partition coefficient (Wildman–Crippen LogP) is 4.12. The van der Waals surface area contributed by atoms with E-state index in [1.165, 1.54) is 12.1 Å². The summed E-state index contributed by atoms with van der Waals surface area (Å²) in [6.07, 6.45) is -0.635. The predicted molar refractivity (Wildman–Crippen MR) is 118 cm³/mol. The molecule has 31 heavy (non-hydrogen) atoms. The largest absolute Gasteiger partial charge is 0.484 e. The van der Waals surface area contributed by atoms with E-state index < -0.39 is 16.2 Å². The van der Waals surface area contributed by atoms with Gasteiger partial charge in [-0.25, -0.2) is 0 Å². The number of anilines is 1. The van der Waals surface area contributed by atoms with Gasteiger partial charge in [0.25, 0.3) is 16.0 Å². The summed E-state index contributed by atoms with van der Waals surface area (Å²) in [7, 11) is -3.93. The molecular formula is C24H23NO5S. The van der Waals surface area contributed by atoms with Gasteiger partial charge in [-0.15, -0.1) is 0 Å². The topological polar surface area (TPSA) is 72.9 Å². The lowest BCUT2D eigenvalue weighted by Crippen LogP contribution is -2.45. The molecule has 7 heteroatoms. The molecule has 160 valence electrons. The number of para-hydroxylation sites is 2. The van der Waals surface area contributed by atoms with Gasteiger partial charge < -0.3 is 9.64 Å². The smallest absolute Gasteiger partial charge is 0.297 e. The van der Waals surface area contributed by atoms with Crippen molar-refractivity contribution in [2.24, 2.45) is 0 Å². The number of hydrogen-bond acceptors (Lipinski definition) is 5. The molecule has 1 heterocycles. The second-order valence-corrected chi connectivity index (χ2v) is 9.16. The highest BCUT2D eigenvalue weighted by atomic mass is 32.2. The zero-order chi connectivity index (χ0) is 22.0. The number of rotatable bonds is 5. The molecule has 4 rings (SSSR count). The van der Waals surface area contributed by atoms with Crippen molar-refractivity contribution in [1.29, 1.82) is 0 Å². The first kappa shape index (κ1) is 21.1. The van der Waals surface area contributed by atoms with E-state index in [9.17, 15) is 13.2 Å². The van der Waals surface area contributed by atoms with Crippen LogP contribution in [0, 0.1) is 13.8 Å². The molecule has 0 aromatic heterocycles. The normalized spacial score (nSPS) is 15.8. The van der Waals surface area contributed by atoms with Crippen molar-refractivity contribution in [2.45, 2.75) is 24.8 Å². The third-order valence-corrected chi connectivity index (χ3v) is 6.36. The van der Waals surface area contributed by atoms with Gasteiger partial charge in [-0.1, -0.05) is 47.5 Å². The number of amides is 1. The molecule has 0 saturated carbocycles. The van der Waals surface area contributed by atoms with E-state index in [0.29, 0.717) is 17.0 Å². The van der Waals surface area contributed by atoms with Gasteiger partial charge >= 0.3 is 0 Å². The second-order valence-electron chi connectivity index (χ2n) is 7.54. The molecule has 0 aliphatic carbocycles. The number of carbonyl (C=O) groups excluding carboxylic acids is 1. The van der Waals surface area contributed by atoms with E-state index in [4.69, 9.17) is 8.92 Å². The van der Waals surface area contributed by atoms with E-state index in [-0.39, 0.29) is 24.0 Å². The van der Waals surface area contributed by atoms with Gasteiger partial charge in [-0.2, -0.15) is 8.42 Å². The van der Waals surface area contributed by atoms with Gasteiger partial charge in [-0.05, 0) is 50.2 Å². The maximum Gasteiger partial charge on any atom is 0.297 e. The van der Waals surface area contributed by atoms with Gasteiger partial charge in [0.1, 0.15) is 18.5 Å². The fourth-order valence-corrected chi connectivity index (χ4v) is 4.39. The molecule has 0 N–H and O–H groups in total. The fraction of sp³-hybridized carbons (Fsp3) is 0.208. The van der Waals surface area contributed by atoms with Gasteiger partial charge in [0, 0.05) is 5.56 Å². The lowest BCUT2D eigenvalue weighted by molar-refractivity contribution is 0.0919. The van der Waals surface area contributed by atoms with Crippen LogP contribution in [0.3, 0.4) is 0 Å². The highest BCUT2D eigenvalue weighted by Gasteiger charge is 2.31. The maximum absolute atomic E-state index is 13.2. The molecule has 3 aromatic carbocycles. The number of aryl methyl sites for hydroxylation is 2. The number of nitrogens with zero attached hydrogens (tertiary/aromatic N) is 1. The molecule has 6 nitrogen and oxygen atoms in total. The molecule has 1 unspecified atom stereocenters. The molecule has 3 aromatic rings. The quantitative estimate of drug-likeness (QED) is 0.562. The molecule has 1 aliphatic rings. The zero-order valence-electron chi connectivity index (χ0n) is 17.3. The van der Waals surface area contributed by atoms with Gasteiger partial charge in [0.05, 0.1) is 17.1 Å². The van der Waals surface area contributed by atoms with Crippen molar-refractivity contribution >= 4 is 21.7 Å². The molecule has 1 aliphatic heterocycles. The lowest BCUT2D eigenvalue weighted by atomic mass is 10.1. The van der Waals surface area contributed by atoms with Crippen molar-refractivity contribution in [3.8, 4) is 5.75 Å². The first-order valence-corrected chi connectivity index (χ1v) is 11.3. The summed E-state index contributed by atoms with van der Waals surface area (Å²) in [5.74, 6) is 0.335. The summed E-state index contributed by atoms with van der Waals surface area (Å²) >= 11 is 0. The molecule has 0 bridgehead atoms. The van der Waals surface area contributed by atoms with Crippen molar-refractivity contribution in [3.63, 3.8) is 0 Å². The van der Waals surface area contributed by atoms with E-state index >= 15 is 0 Å². The standard InChI is InChI=1S/C24H23NO5S/c1-17-10-12-21(13-11-17)31(27,28)29-16-20-15-25(22-8-3-4-9-23(22)30-20)24(26)19-7-5-6-18(2)14-19/h3-14,20H,15-16H2,1-2H3. The molecular weight excluding hydrogens is 414 g/mol. The Balaban J connectivity index is 1.55. The first-order chi connectivity index (χ1) is 14.8. The summed E-state index contributed by atoms with van der Waals surface area (Å²) < 4.78 is 36.3. The Kier molecular flexibility index (Phi) is 5.80. The second kappa shape index (κ2) is 8.53. The number of ether oxygens (including phenoxy) is 1. The Morgan fingerprint density at radius 2 is 1.74 bits per heavy atom. The molecule has 1 atom stereocenters. The van der Waals surface area contributed by atoms with Crippen molar-refractivity contribution in [1.82, 2.24) is 0 Å². The summed E-state index contributed by atoms with van der Waals surface area (Å²) in [6.45, 7) is 3.77. The van der Waals surface area contributed by atoms with Crippen LogP contribution in [0.15, 0.2) is 77.7 Å². The number of carbonyl (C=O) groups is 1. The van der Waals surface area contributed by atoms with Crippen molar-refractivity contribution in [2.75, 3.05) is 18.1 Å². The van der Waals surface area contributed by atoms with Crippen molar-refractivity contribution < 1.29 is 22.1 Å². The lowest BCUT2D eigenvalue weighted by Gasteiger charge is -2.34. The molecule has 0 fully saturated rings. The SMILES string of the molecule is Cc1ccc(S(=O)(=O)OCC2CN(C(=O)c3cccc(C)c3)c3ccccc3O2)cc1. The minimum Gasteiger partial charge on any atom is -0.484 e. The average Bonchev–Trinajstić information content (AvgIpc) is 2.77. The summed E-state index contributed by atoms with van der Waals surface area (Å²) in [5.41, 5.74) is 3.14. The third-order valence-electron chi connectivity index (χ3n) is 5.06. The van der Waals surface area contributed by atoms with Crippen LogP contribution in [0.1, 0.15) is 21.5 Å². The Labute approximate surface area is 182 Å². The van der Waals surface area contributed by atoms with Crippen molar-refractivity contribution in [3.05, 3.63) is 89.5 Å². The maximum atomic E-state index is 13.2. The van der Waals surface area contributed by atoms with Crippen LogP contribution >= 0.6 is 0 Å². The van der Waals surface area contributed by atoms with Crippen LogP contribution in [0.5, 0.6) is 5.75 Å². The minimum absolute atomic E-state index is 0.0852.